The lowest BCUT2D eigenvalue weighted by molar-refractivity contribution is -0.139. The largest absolute Gasteiger partial charge is 0.507 e. The molecule has 1 amide bonds. The summed E-state index contributed by atoms with van der Waals surface area (Å²) in [5.41, 5.74) is 0.934. The van der Waals surface area contributed by atoms with Gasteiger partial charge in [0.1, 0.15) is 23.9 Å². The lowest BCUT2D eigenvalue weighted by atomic mass is 9.95. The minimum absolute atomic E-state index is 0.00813. The number of amides is 1. The van der Waals surface area contributed by atoms with Crippen molar-refractivity contribution in [3.63, 3.8) is 0 Å². The Morgan fingerprint density at radius 2 is 1.81 bits per heavy atom. The van der Waals surface area contributed by atoms with Gasteiger partial charge in [-0.3, -0.25) is 9.59 Å². The molecule has 2 aromatic rings. The summed E-state index contributed by atoms with van der Waals surface area (Å²) in [4.78, 5) is 29.3. The maximum atomic E-state index is 13.5. The highest BCUT2D eigenvalue weighted by atomic mass is 19.1. The van der Waals surface area contributed by atoms with Crippen molar-refractivity contribution in [2.24, 2.45) is 0 Å². The molecule has 0 radical (unpaired) electrons. The summed E-state index contributed by atoms with van der Waals surface area (Å²) in [5.74, 6) is -1.55. The van der Waals surface area contributed by atoms with Gasteiger partial charge in [-0.15, -0.1) is 0 Å². The first-order valence-electron chi connectivity index (χ1n) is 10.4. The van der Waals surface area contributed by atoms with Crippen LogP contribution in [0.4, 0.5) is 4.39 Å². The van der Waals surface area contributed by atoms with E-state index in [4.69, 9.17) is 4.74 Å². The number of hydrogen-bond acceptors (Lipinski definition) is 5. The second kappa shape index (κ2) is 10.2. The van der Waals surface area contributed by atoms with E-state index in [9.17, 15) is 19.1 Å². The topological polar surface area (TPSA) is 70.1 Å². The van der Waals surface area contributed by atoms with Crippen LogP contribution in [0.5, 0.6) is 5.75 Å². The molecule has 1 fully saturated rings. The van der Waals surface area contributed by atoms with Gasteiger partial charge in [0.2, 0.25) is 0 Å². The summed E-state index contributed by atoms with van der Waals surface area (Å²) in [7, 11) is 3.85. The van der Waals surface area contributed by atoms with Gasteiger partial charge in [0, 0.05) is 12.1 Å². The zero-order valence-electron chi connectivity index (χ0n) is 18.3. The molecule has 1 N–H and O–H groups in total. The first-order valence-corrected chi connectivity index (χ1v) is 10.4. The second-order valence-corrected chi connectivity index (χ2v) is 7.82. The third-order valence-corrected chi connectivity index (χ3v) is 5.23. The molecule has 1 saturated heterocycles. The summed E-state index contributed by atoms with van der Waals surface area (Å²) in [6.45, 7) is 5.00. The van der Waals surface area contributed by atoms with E-state index in [-0.39, 0.29) is 11.3 Å². The Hall–Kier alpha value is -3.45. The zero-order valence-corrected chi connectivity index (χ0v) is 18.3. The molecule has 6 nitrogen and oxygen atoms in total. The Morgan fingerprint density at radius 3 is 2.41 bits per heavy atom. The molecule has 0 aliphatic carbocycles. The summed E-state index contributed by atoms with van der Waals surface area (Å²) in [5, 5.41) is 11.0. The molecule has 0 bridgehead atoms. The smallest absolute Gasteiger partial charge is 0.295 e. The fraction of sp³-hybridized carbons (Fsp3) is 0.280. The first-order chi connectivity index (χ1) is 15.3. The number of nitrogens with zero attached hydrogens (tertiary/aromatic N) is 2. The number of aliphatic hydroxyl groups excluding tert-OH is 1. The first kappa shape index (κ1) is 23.2. The Kier molecular flexibility index (Phi) is 7.43. The van der Waals surface area contributed by atoms with Crippen LogP contribution >= 0.6 is 0 Å². The van der Waals surface area contributed by atoms with Crippen LogP contribution < -0.4 is 4.74 Å². The van der Waals surface area contributed by atoms with Crippen LogP contribution in [0.2, 0.25) is 0 Å². The van der Waals surface area contributed by atoms with Crippen LogP contribution in [0.25, 0.3) is 5.76 Å². The maximum Gasteiger partial charge on any atom is 0.295 e. The summed E-state index contributed by atoms with van der Waals surface area (Å²) < 4.78 is 19.0. The minimum atomic E-state index is -0.797. The molecule has 168 valence electrons. The predicted molar refractivity (Wildman–Crippen MR) is 121 cm³/mol. The van der Waals surface area contributed by atoms with Crippen molar-refractivity contribution in [2.45, 2.75) is 12.5 Å². The van der Waals surface area contributed by atoms with E-state index >= 15 is 0 Å². The molecule has 0 saturated carbocycles. The number of halogens is 1. The van der Waals surface area contributed by atoms with Gasteiger partial charge < -0.3 is 19.6 Å². The van der Waals surface area contributed by atoms with Crippen molar-refractivity contribution in [3.05, 3.63) is 83.7 Å². The van der Waals surface area contributed by atoms with Crippen molar-refractivity contribution in [3.8, 4) is 5.75 Å². The van der Waals surface area contributed by atoms with Gasteiger partial charge in [-0.25, -0.2) is 4.39 Å². The Morgan fingerprint density at radius 1 is 1.16 bits per heavy atom. The molecule has 0 spiro atoms. The third kappa shape index (κ3) is 5.06. The molecule has 2 aromatic carbocycles. The highest BCUT2D eigenvalue weighted by Crippen LogP contribution is 2.39. The molecule has 3 rings (SSSR count). The summed E-state index contributed by atoms with van der Waals surface area (Å²) >= 11 is 0. The Balaban J connectivity index is 2.02. The Bertz CT molecular complexity index is 1010. The average Bonchev–Trinajstić information content (AvgIpc) is 3.03. The zero-order chi connectivity index (χ0) is 23.3. The van der Waals surface area contributed by atoms with Crippen LogP contribution in [0.1, 0.15) is 23.6 Å². The van der Waals surface area contributed by atoms with Crippen LogP contribution in [0, 0.1) is 5.82 Å². The predicted octanol–water partition coefficient (Wildman–Crippen LogP) is 3.76. The number of carbonyl (C=O) groups is 2. The fourth-order valence-electron chi connectivity index (χ4n) is 3.68. The second-order valence-electron chi connectivity index (χ2n) is 7.82. The standard InChI is InChI=1S/C25H27FN2O4/c1-4-16-32-20-12-8-18(9-13-20)23(29)21-22(17-6-10-19(26)11-7-17)28(25(31)24(21)30)15-5-14-27(2)3/h4,6-13,22,29H,1,5,14-16H2,2-3H3/b23-21+/t22-/m1/s1. The molecule has 0 aromatic heterocycles. The van der Waals surface area contributed by atoms with Crippen molar-refractivity contribution >= 4 is 17.4 Å². The highest BCUT2D eigenvalue weighted by Gasteiger charge is 2.45. The van der Waals surface area contributed by atoms with E-state index in [0.29, 0.717) is 36.4 Å². The summed E-state index contributed by atoms with van der Waals surface area (Å²) in [6.07, 6.45) is 2.27. The SMILES string of the molecule is C=CCOc1ccc(/C(O)=C2\C(=O)C(=O)N(CCCN(C)C)[C@@H]2c2ccc(F)cc2)cc1. The number of benzene rings is 2. The normalized spacial score (nSPS) is 17.8. The quantitative estimate of drug-likeness (QED) is 0.279. The lowest BCUT2D eigenvalue weighted by Gasteiger charge is -2.26. The van der Waals surface area contributed by atoms with Gasteiger partial charge in [0.25, 0.3) is 11.7 Å². The minimum Gasteiger partial charge on any atom is -0.507 e. The van der Waals surface area contributed by atoms with Crippen LogP contribution in [-0.4, -0.2) is 60.4 Å². The third-order valence-electron chi connectivity index (χ3n) is 5.23. The number of ketones is 1. The maximum absolute atomic E-state index is 13.5. The van der Waals surface area contributed by atoms with Gasteiger partial charge in [0.05, 0.1) is 11.6 Å². The summed E-state index contributed by atoms with van der Waals surface area (Å²) in [6, 6.07) is 11.4. The molecular weight excluding hydrogens is 411 g/mol. The molecule has 1 heterocycles. The van der Waals surface area contributed by atoms with Crippen molar-refractivity contribution in [1.29, 1.82) is 0 Å². The number of hydrogen-bond donors (Lipinski definition) is 1. The molecule has 1 aliphatic heterocycles. The fourth-order valence-corrected chi connectivity index (χ4v) is 3.68. The monoisotopic (exact) mass is 438 g/mol. The van der Waals surface area contributed by atoms with Gasteiger partial charge >= 0.3 is 0 Å². The molecule has 0 unspecified atom stereocenters. The molecule has 32 heavy (non-hydrogen) atoms. The molecule has 1 atom stereocenters. The van der Waals surface area contributed by atoms with E-state index in [0.717, 1.165) is 6.54 Å². The van der Waals surface area contributed by atoms with E-state index in [1.165, 1.54) is 29.2 Å². The number of rotatable bonds is 9. The number of carbonyl (C=O) groups excluding carboxylic acids is 2. The average molecular weight is 438 g/mol. The lowest BCUT2D eigenvalue weighted by Crippen LogP contribution is -2.32. The highest BCUT2D eigenvalue weighted by molar-refractivity contribution is 6.46. The van der Waals surface area contributed by atoms with Crippen LogP contribution in [0.3, 0.4) is 0 Å². The molecule has 7 heteroatoms. The number of aliphatic hydroxyl groups is 1. The van der Waals surface area contributed by atoms with Crippen LogP contribution in [-0.2, 0) is 9.59 Å². The number of Topliss-reactive ketones (excluding diaryl/α,β-unsaturated/α-hetero) is 1. The Labute approximate surface area is 187 Å². The number of ether oxygens (including phenoxy) is 1. The van der Waals surface area contributed by atoms with E-state index in [1.54, 1.807) is 30.3 Å². The van der Waals surface area contributed by atoms with E-state index < -0.39 is 23.5 Å². The van der Waals surface area contributed by atoms with Gasteiger partial charge in [0.15, 0.2) is 0 Å². The van der Waals surface area contributed by atoms with E-state index in [2.05, 4.69) is 6.58 Å². The molecular formula is C25H27FN2O4. The van der Waals surface area contributed by atoms with Gasteiger partial charge in [-0.1, -0.05) is 24.8 Å². The van der Waals surface area contributed by atoms with Crippen LogP contribution in [0.15, 0.2) is 66.8 Å². The van der Waals surface area contributed by atoms with Crippen molar-refractivity contribution < 1.29 is 23.8 Å². The van der Waals surface area contributed by atoms with Gasteiger partial charge in [-0.2, -0.15) is 0 Å². The van der Waals surface area contributed by atoms with E-state index in [1.807, 2.05) is 19.0 Å². The van der Waals surface area contributed by atoms with Crippen molar-refractivity contribution in [2.75, 3.05) is 33.8 Å². The van der Waals surface area contributed by atoms with Crippen molar-refractivity contribution in [1.82, 2.24) is 9.80 Å². The molecule has 1 aliphatic rings. The van der Waals surface area contributed by atoms with Gasteiger partial charge in [-0.05, 0) is 69.0 Å². The number of likely N-dealkylation sites (tertiary alicyclic amines) is 1.